The summed E-state index contributed by atoms with van der Waals surface area (Å²) in [5.41, 5.74) is 3.72. The van der Waals surface area contributed by atoms with Gasteiger partial charge in [0.2, 0.25) is 5.91 Å². The number of rotatable bonds is 5. The number of amides is 1. The number of thiophene rings is 1. The Labute approximate surface area is 155 Å². The van der Waals surface area contributed by atoms with Gasteiger partial charge in [0.25, 0.3) is 0 Å². The highest BCUT2D eigenvalue weighted by Gasteiger charge is 2.11. The van der Waals surface area contributed by atoms with Crippen molar-refractivity contribution >= 4 is 22.9 Å². The predicted molar refractivity (Wildman–Crippen MR) is 106 cm³/mol. The highest BCUT2D eigenvalue weighted by atomic mass is 32.1. The number of carbonyl (C=O) groups is 1. The summed E-state index contributed by atoms with van der Waals surface area (Å²) in [6.07, 6.45) is 3.91. The first kappa shape index (κ1) is 16.3. The largest absolute Gasteiger partial charge is 0.325 e. The summed E-state index contributed by atoms with van der Waals surface area (Å²) in [7, 11) is 0. The van der Waals surface area contributed by atoms with Gasteiger partial charge < -0.3 is 5.32 Å². The smallest absolute Gasteiger partial charge is 0.228 e. The summed E-state index contributed by atoms with van der Waals surface area (Å²) in [6.45, 7) is 0. The maximum absolute atomic E-state index is 12.5. The van der Waals surface area contributed by atoms with E-state index in [2.05, 4.69) is 16.5 Å². The summed E-state index contributed by atoms with van der Waals surface area (Å²) in [6, 6.07) is 21.8. The van der Waals surface area contributed by atoms with Crippen LogP contribution in [-0.4, -0.2) is 15.7 Å². The molecule has 0 aliphatic rings. The molecule has 0 radical (unpaired) electrons. The molecule has 2 aromatic heterocycles. The molecule has 4 aromatic rings. The molecule has 0 saturated heterocycles. The Kier molecular flexibility index (Phi) is 4.62. The molecule has 5 heteroatoms. The third-order valence-corrected chi connectivity index (χ3v) is 4.91. The summed E-state index contributed by atoms with van der Waals surface area (Å²) >= 11 is 1.66. The van der Waals surface area contributed by atoms with Crippen molar-refractivity contribution in [3.8, 4) is 16.1 Å². The maximum atomic E-state index is 12.5. The van der Waals surface area contributed by atoms with Crippen molar-refractivity contribution < 1.29 is 4.79 Å². The van der Waals surface area contributed by atoms with E-state index in [1.807, 2.05) is 72.2 Å². The highest BCUT2D eigenvalue weighted by molar-refractivity contribution is 7.13. The average Bonchev–Trinajstić information content (AvgIpc) is 3.35. The van der Waals surface area contributed by atoms with Gasteiger partial charge in [0, 0.05) is 22.3 Å². The molecular formula is C21H17N3OS. The van der Waals surface area contributed by atoms with Crippen molar-refractivity contribution in [3.05, 3.63) is 90.1 Å². The number of hydrogen-bond acceptors (Lipinski definition) is 3. The van der Waals surface area contributed by atoms with Crippen molar-refractivity contribution in [2.75, 3.05) is 5.32 Å². The van der Waals surface area contributed by atoms with Crippen LogP contribution in [0.2, 0.25) is 0 Å². The third-order valence-electron chi connectivity index (χ3n) is 4.01. The van der Waals surface area contributed by atoms with Gasteiger partial charge >= 0.3 is 0 Å². The number of benzene rings is 2. The van der Waals surface area contributed by atoms with Gasteiger partial charge in [-0.1, -0.05) is 42.5 Å². The van der Waals surface area contributed by atoms with Crippen LogP contribution >= 0.6 is 11.3 Å². The molecule has 2 heterocycles. The van der Waals surface area contributed by atoms with Crippen LogP contribution in [0.1, 0.15) is 5.56 Å². The summed E-state index contributed by atoms with van der Waals surface area (Å²) in [5, 5.41) is 9.40. The van der Waals surface area contributed by atoms with Gasteiger partial charge in [-0.2, -0.15) is 5.10 Å². The molecule has 0 saturated carbocycles. The Morgan fingerprint density at radius 1 is 1.00 bits per heavy atom. The van der Waals surface area contributed by atoms with E-state index in [1.165, 1.54) is 0 Å². The maximum Gasteiger partial charge on any atom is 0.228 e. The molecule has 4 rings (SSSR count). The number of hydrogen-bond donors (Lipinski definition) is 1. The van der Waals surface area contributed by atoms with E-state index in [0.29, 0.717) is 0 Å². The van der Waals surface area contributed by atoms with E-state index in [-0.39, 0.29) is 12.3 Å². The van der Waals surface area contributed by atoms with Gasteiger partial charge in [-0.25, -0.2) is 4.68 Å². The molecule has 128 valence electrons. The number of nitrogens with zero attached hydrogens (tertiary/aromatic N) is 2. The molecule has 0 aliphatic carbocycles. The Hall–Kier alpha value is -3.18. The Morgan fingerprint density at radius 3 is 2.62 bits per heavy atom. The molecule has 26 heavy (non-hydrogen) atoms. The molecule has 1 amide bonds. The molecule has 0 bridgehead atoms. The Bertz CT molecular complexity index is 1010. The van der Waals surface area contributed by atoms with Crippen LogP contribution in [0, 0.1) is 0 Å². The fourth-order valence-electron chi connectivity index (χ4n) is 2.79. The minimum Gasteiger partial charge on any atom is -0.325 e. The van der Waals surface area contributed by atoms with Gasteiger partial charge in [0.15, 0.2) is 0 Å². The van der Waals surface area contributed by atoms with Gasteiger partial charge in [-0.05, 0) is 35.2 Å². The van der Waals surface area contributed by atoms with Crippen molar-refractivity contribution in [1.82, 2.24) is 9.78 Å². The second-order valence-electron chi connectivity index (χ2n) is 5.88. The second kappa shape index (κ2) is 7.37. The number of nitrogens with one attached hydrogen (secondary N) is 1. The molecular weight excluding hydrogens is 342 g/mol. The minimum atomic E-state index is -0.0541. The Balaban J connectivity index is 1.48. The average molecular weight is 359 g/mol. The van der Waals surface area contributed by atoms with E-state index in [4.69, 9.17) is 0 Å². The lowest BCUT2D eigenvalue weighted by molar-refractivity contribution is -0.115. The highest BCUT2D eigenvalue weighted by Crippen LogP contribution is 2.31. The van der Waals surface area contributed by atoms with Crippen LogP contribution in [-0.2, 0) is 11.2 Å². The number of carbonyl (C=O) groups excluding carboxylic acids is 1. The van der Waals surface area contributed by atoms with E-state index in [9.17, 15) is 4.79 Å². The first-order chi connectivity index (χ1) is 12.8. The minimum absolute atomic E-state index is 0.0541. The molecule has 1 N–H and O–H groups in total. The first-order valence-electron chi connectivity index (χ1n) is 8.31. The third kappa shape index (κ3) is 3.58. The lowest BCUT2D eigenvalue weighted by Crippen LogP contribution is -2.14. The monoisotopic (exact) mass is 359 g/mol. The Morgan fingerprint density at radius 2 is 1.81 bits per heavy atom. The van der Waals surface area contributed by atoms with Gasteiger partial charge in [0.05, 0.1) is 18.3 Å². The standard InChI is InChI=1S/C21H17N3OS/c25-21(13-16-14-22-24(15-16)17-7-2-1-3-8-17)23-19-10-5-4-9-18(19)20-11-6-12-26-20/h1-12,14-15H,13H2,(H,23,25). The lowest BCUT2D eigenvalue weighted by Gasteiger charge is -2.09. The van der Waals surface area contributed by atoms with Crippen LogP contribution in [0.15, 0.2) is 84.5 Å². The topological polar surface area (TPSA) is 46.9 Å². The van der Waals surface area contributed by atoms with Crippen LogP contribution in [0.4, 0.5) is 5.69 Å². The van der Waals surface area contributed by atoms with Crippen LogP contribution < -0.4 is 5.32 Å². The molecule has 0 spiro atoms. The van der Waals surface area contributed by atoms with Gasteiger partial charge in [-0.15, -0.1) is 11.3 Å². The van der Waals surface area contributed by atoms with Crippen LogP contribution in [0.3, 0.4) is 0 Å². The van der Waals surface area contributed by atoms with Crippen LogP contribution in [0.5, 0.6) is 0 Å². The van der Waals surface area contributed by atoms with E-state index in [1.54, 1.807) is 22.2 Å². The first-order valence-corrected chi connectivity index (χ1v) is 9.19. The molecule has 0 fully saturated rings. The normalized spacial score (nSPS) is 10.6. The van der Waals surface area contributed by atoms with Crippen molar-refractivity contribution in [1.29, 1.82) is 0 Å². The number of para-hydroxylation sites is 2. The fraction of sp³-hybridized carbons (Fsp3) is 0.0476. The molecule has 0 aliphatic heterocycles. The quantitative estimate of drug-likeness (QED) is 0.557. The predicted octanol–water partition coefficient (Wildman–Crippen LogP) is 4.78. The zero-order valence-corrected chi connectivity index (χ0v) is 14.8. The molecule has 4 nitrogen and oxygen atoms in total. The zero-order valence-electron chi connectivity index (χ0n) is 14.0. The number of aromatic nitrogens is 2. The summed E-state index contributed by atoms with van der Waals surface area (Å²) in [4.78, 5) is 13.6. The molecule has 0 atom stereocenters. The van der Waals surface area contributed by atoms with E-state index in [0.717, 1.165) is 27.4 Å². The zero-order chi connectivity index (χ0) is 17.8. The van der Waals surface area contributed by atoms with Crippen molar-refractivity contribution in [2.45, 2.75) is 6.42 Å². The summed E-state index contributed by atoms with van der Waals surface area (Å²) < 4.78 is 1.78. The summed E-state index contributed by atoms with van der Waals surface area (Å²) in [5.74, 6) is -0.0541. The van der Waals surface area contributed by atoms with Crippen LogP contribution in [0.25, 0.3) is 16.1 Å². The fourth-order valence-corrected chi connectivity index (χ4v) is 3.56. The number of anilines is 1. The van der Waals surface area contributed by atoms with Crippen molar-refractivity contribution in [3.63, 3.8) is 0 Å². The lowest BCUT2D eigenvalue weighted by atomic mass is 10.1. The molecule has 2 aromatic carbocycles. The SMILES string of the molecule is O=C(Cc1cnn(-c2ccccc2)c1)Nc1ccccc1-c1cccs1. The van der Waals surface area contributed by atoms with Gasteiger partial charge in [-0.3, -0.25) is 4.79 Å². The second-order valence-corrected chi connectivity index (χ2v) is 6.82. The van der Waals surface area contributed by atoms with Crippen molar-refractivity contribution in [2.24, 2.45) is 0 Å². The molecule has 0 unspecified atom stereocenters. The van der Waals surface area contributed by atoms with E-state index >= 15 is 0 Å². The van der Waals surface area contributed by atoms with E-state index < -0.39 is 0 Å². The van der Waals surface area contributed by atoms with Gasteiger partial charge in [0.1, 0.15) is 0 Å².